The number of piperidine rings is 1. The molecule has 2 N–H and O–H groups in total. The fourth-order valence-corrected chi connectivity index (χ4v) is 8.37. The van der Waals surface area contributed by atoms with E-state index in [4.69, 9.17) is 0 Å². The van der Waals surface area contributed by atoms with Crippen LogP contribution in [-0.2, 0) is 4.79 Å². The van der Waals surface area contributed by atoms with Crippen LogP contribution in [0.4, 0.5) is 0 Å². The summed E-state index contributed by atoms with van der Waals surface area (Å²) in [6.45, 7) is 5.09. The molecule has 1 amide bonds. The summed E-state index contributed by atoms with van der Waals surface area (Å²) in [4.78, 5) is 12.2. The van der Waals surface area contributed by atoms with Crippen LogP contribution in [0.15, 0.2) is 0 Å². The Kier molecular flexibility index (Phi) is 3.89. The average Bonchev–Trinajstić information content (AvgIpc) is 3.32. The Bertz CT molecular complexity index is 578. The molecule has 0 spiro atoms. The van der Waals surface area contributed by atoms with Crippen molar-refractivity contribution in [3.05, 3.63) is 0 Å². The van der Waals surface area contributed by atoms with Gasteiger partial charge in [0, 0.05) is 18.1 Å². The van der Waals surface area contributed by atoms with E-state index in [1.807, 2.05) is 0 Å². The molecule has 25 heavy (non-hydrogen) atoms. The number of nitrogens with one attached hydrogen (secondary N) is 2. The molecule has 5 fully saturated rings. The molecular weight excluding hydrogens is 376 g/mol. The lowest BCUT2D eigenvalue weighted by Gasteiger charge is -2.60. The minimum Gasteiger partial charge on any atom is -0.352 e. The lowest BCUT2D eigenvalue weighted by molar-refractivity contribution is -0.134. The normalized spacial score (nSPS) is 55.1. The maximum atomic E-state index is 12.2. The monoisotopic (exact) mass is 408 g/mol. The van der Waals surface area contributed by atoms with Crippen LogP contribution in [0.1, 0.15) is 71.6 Å². The summed E-state index contributed by atoms with van der Waals surface area (Å²) in [6, 6.07) is 1.99. The summed E-state index contributed by atoms with van der Waals surface area (Å²) < 4.78 is 0. The Balaban J connectivity index is 1.40. The van der Waals surface area contributed by atoms with Crippen molar-refractivity contribution >= 4 is 21.8 Å². The first-order valence-electron chi connectivity index (χ1n) is 10.6. The molecule has 0 radical (unpaired) electrons. The van der Waals surface area contributed by atoms with Crippen LogP contribution < -0.4 is 10.6 Å². The molecule has 0 aromatic heterocycles. The van der Waals surface area contributed by atoms with Crippen molar-refractivity contribution in [2.45, 2.75) is 94.6 Å². The van der Waals surface area contributed by atoms with Crippen LogP contribution in [0.5, 0.6) is 0 Å². The van der Waals surface area contributed by atoms with E-state index in [9.17, 15) is 4.79 Å². The van der Waals surface area contributed by atoms with Gasteiger partial charge in [-0.15, -0.1) is 0 Å². The molecule has 3 unspecified atom stereocenters. The van der Waals surface area contributed by atoms with Gasteiger partial charge in [-0.05, 0) is 86.4 Å². The zero-order valence-electron chi connectivity index (χ0n) is 15.7. The largest absolute Gasteiger partial charge is 0.352 e. The smallest absolute Gasteiger partial charge is 0.234 e. The van der Waals surface area contributed by atoms with Crippen LogP contribution in [-0.4, -0.2) is 28.9 Å². The first-order valence-corrected chi connectivity index (χ1v) is 11.5. The quantitative estimate of drug-likeness (QED) is 0.677. The van der Waals surface area contributed by atoms with Crippen LogP contribution in [0.2, 0.25) is 0 Å². The van der Waals surface area contributed by atoms with Crippen LogP contribution in [0.3, 0.4) is 0 Å². The van der Waals surface area contributed by atoms with Gasteiger partial charge in [0.25, 0.3) is 0 Å². The maximum Gasteiger partial charge on any atom is 0.234 e. The van der Waals surface area contributed by atoms with Gasteiger partial charge < -0.3 is 10.6 Å². The average molecular weight is 409 g/mol. The van der Waals surface area contributed by atoms with E-state index in [0.717, 1.165) is 36.3 Å². The number of alkyl halides is 1. The number of carbonyl (C=O) groups is 1. The molecule has 140 valence electrons. The lowest BCUT2D eigenvalue weighted by Crippen LogP contribution is -2.63. The van der Waals surface area contributed by atoms with E-state index in [1.54, 1.807) is 0 Å². The van der Waals surface area contributed by atoms with Gasteiger partial charge in [-0.1, -0.05) is 29.8 Å². The first-order chi connectivity index (χ1) is 11.9. The molecule has 4 heteroatoms. The lowest BCUT2D eigenvalue weighted by atomic mass is 9.47. The third-order valence-electron chi connectivity index (χ3n) is 9.10. The van der Waals surface area contributed by atoms with E-state index in [0.29, 0.717) is 11.5 Å². The van der Waals surface area contributed by atoms with E-state index in [1.165, 1.54) is 51.4 Å². The fourth-order valence-electron chi connectivity index (χ4n) is 7.54. The van der Waals surface area contributed by atoms with Crippen molar-refractivity contribution in [2.75, 3.05) is 0 Å². The van der Waals surface area contributed by atoms with Crippen molar-refractivity contribution in [3.8, 4) is 0 Å². The van der Waals surface area contributed by atoms with E-state index >= 15 is 0 Å². The summed E-state index contributed by atoms with van der Waals surface area (Å²) in [5, 5.41) is 7.36. The van der Waals surface area contributed by atoms with Crippen molar-refractivity contribution in [1.82, 2.24) is 10.6 Å². The molecule has 0 bridgehead atoms. The Morgan fingerprint density at radius 2 is 1.76 bits per heavy atom. The SMILES string of the molecule is C[C@]12CC(Br)C(=O)NC1CC[C@@H]1[C@H]2CC[C@]2(C)C(NC3CC3)CC[C@@H]12. The predicted octanol–water partition coefficient (Wildman–Crippen LogP) is 4.00. The van der Waals surface area contributed by atoms with Crippen LogP contribution in [0, 0.1) is 28.6 Å². The van der Waals surface area contributed by atoms with E-state index < -0.39 is 0 Å². The van der Waals surface area contributed by atoms with Gasteiger partial charge in [0.05, 0.1) is 4.83 Å². The van der Waals surface area contributed by atoms with Gasteiger partial charge in [-0.25, -0.2) is 0 Å². The Morgan fingerprint density at radius 1 is 1.00 bits per heavy atom. The van der Waals surface area contributed by atoms with E-state index in [2.05, 4.69) is 40.4 Å². The molecule has 5 rings (SSSR count). The minimum atomic E-state index is 0.00803. The summed E-state index contributed by atoms with van der Waals surface area (Å²) in [6.07, 6.45) is 11.9. The Labute approximate surface area is 160 Å². The van der Waals surface area contributed by atoms with Crippen LogP contribution >= 0.6 is 15.9 Å². The second-order valence-corrected chi connectivity index (χ2v) is 11.4. The Morgan fingerprint density at radius 3 is 2.52 bits per heavy atom. The molecule has 0 aromatic carbocycles. The van der Waals surface area contributed by atoms with Gasteiger partial charge in [0.15, 0.2) is 0 Å². The predicted molar refractivity (Wildman–Crippen MR) is 104 cm³/mol. The number of halogens is 1. The van der Waals surface area contributed by atoms with Gasteiger partial charge in [0.1, 0.15) is 0 Å². The molecule has 3 nitrogen and oxygen atoms in total. The maximum absolute atomic E-state index is 12.2. The second-order valence-electron chi connectivity index (χ2n) is 10.3. The fraction of sp³-hybridized carbons (Fsp3) is 0.952. The van der Waals surface area contributed by atoms with Crippen molar-refractivity contribution < 1.29 is 4.79 Å². The van der Waals surface area contributed by atoms with Crippen molar-refractivity contribution in [1.29, 1.82) is 0 Å². The highest BCUT2D eigenvalue weighted by Gasteiger charge is 2.61. The number of hydrogen-bond donors (Lipinski definition) is 2. The topological polar surface area (TPSA) is 41.1 Å². The van der Waals surface area contributed by atoms with Crippen molar-refractivity contribution in [3.63, 3.8) is 0 Å². The summed E-state index contributed by atoms with van der Waals surface area (Å²) in [7, 11) is 0. The molecular formula is C21H33BrN2O. The summed E-state index contributed by atoms with van der Waals surface area (Å²) in [5.41, 5.74) is 0.799. The summed E-state index contributed by atoms with van der Waals surface area (Å²) in [5.74, 6) is 2.79. The third-order valence-corrected chi connectivity index (χ3v) is 9.84. The molecule has 4 aliphatic carbocycles. The molecule has 0 aromatic rings. The zero-order valence-corrected chi connectivity index (χ0v) is 17.3. The number of carbonyl (C=O) groups excluding carboxylic acids is 1. The van der Waals surface area contributed by atoms with E-state index in [-0.39, 0.29) is 16.1 Å². The Hall–Kier alpha value is -0.0900. The molecule has 8 atom stereocenters. The third kappa shape index (κ3) is 2.49. The number of rotatable bonds is 2. The highest BCUT2D eigenvalue weighted by Crippen LogP contribution is 2.64. The molecule has 1 saturated heterocycles. The van der Waals surface area contributed by atoms with Gasteiger partial charge in [-0.3, -0.25) is 4.79 Å². The highest BCUT2D eigenvalue weighted by atomic mass is 79.9. The minimum absolute atomic E-state index is 0.00803. The molecule has 4 saturated carbocycles. The standard InChI is InChI=1S/C21H33BrN2O/c1-20-10-9-15-13(14(20)6-8-17(20)23-12-3-4-12)5-7-18-21(15,2)11-16(22)19(25)24-18/h12-18,23H,3-11H2,1-2H3,(H,24,25)/t13-,14-,15+,16?,17?,18?,20-,21+/m0/s1. The second kappa shape index (κ2) is 5.70. The van der Waals surface area contributed by atoms with Crippen molar-refractivity contribution in [2.24, 2.45) is 28.6 Å². The number of fused-ring (bicyclic) bond motifs is 5. The first kappa shape index (κ1) is 17.0. The van der Waals surface area contributed by atoms with Gasteiger partial charge in [0.2, 0.25) is 5.91 Å². The van der Waals surface area contributed by atoms with Gasteiger partial charge in [-0.2, -0.15) is 0 Å². The zero-order chi connectivity index (χ0) is 17.4. The van der Waals surface area contributed by atoms with Crippen LogP contribution in [0.25, 0.3) is 0 Å². The number of amides is 1. The molecule has 1 heterocycles. The van der Waals surface area contributed by atoms with Gasteiger partial charge >= 0.3 is 0 Å². The molecule has 5 aliphatic rings. The molecule has 1 aliphatic heterocycles. The number of hydrogen-bond acceptors (Lipinski definition) is 2. The summed E-state index contributed by atoms with van der Waals surface area (Å²) >= 11 is 3.66. The highest BCUT2D eigenvalue weighted by molar-refractivity contribution is 9.10.